The molecule has 2 aliphatic heterocycles. The minimum absolute atomic E-state index is 0.130. The standard InChI is InChI=1S/C21H34N2O2S/c1-18-7-8-21(15-19(18)2)17-26(24,25)23-13-9-20(10-14-23)16-22-11-5-3-4-6-12-22/h7-8,15,20H,3-6,9-14,16-17H2,1-2H3. The fourth-order valence-electron chi connectivity index (χ4n) is 4.25. The summed E-state index contributed by atoms with van der Waals surface area (Å²) in [6.45, 7) is 9.08. The Morgan fingerprint density at radius 2 is 1.58 bits per heavy atom. The number of sulfonamides is 1. The second kappa shape index (κ2) is 8.85. The highest BCUT2D eigenvalue weighted by Crippen LogP contribution is 2.24. The van der Waals surface area contributed by atoms with Gasteiger partial charge in [0, 0.05) is 19.6 Å². The molecular weight excluding hydrogens is 344 g/mol. The summed E-state index contributed by atoms with van der Waals surface area (Å²) in [4.78, 5) is 2.61. The van der Waals surface area contributed by atoms with Crippen LogP contribution in [0.1, 0.15) is 55.2 Å². The first-order valence-corrected chi connectivity index (χ1v) is 11.8. The molecule has 0 spiro atoms. The number of aryl methyl sites for hydroxylation is 2. The van der Waals surface area contributed by atoms with Crippen molar-refractivity contribution in [1.29, 1.82) is 0 Å². The van der Waals surface area contributed by atoms with Crippen LogP contribution >= 0.6 is 0 Å². The molecule has 3 rings (SSSR count). The highest BCUT2D eigenvalue weighted by Gasteiger charge is 2.29. The van der Waals surface area contributed by atoms with Gasteiger partial charge in [-0.25, -0.2) is 12.7 Å². The summed E-state index contributed by atoms with van der Waals surface area (Å²) in [6, 6.07) is 5.98. The molecule has 2 heterocycles. The smallest absolute Gasteiger partial charge is 0.218 e. The van der Waals surface area contributed by atoms with Crippen molar-refractivity contribution in [2.24, 2.45) is 5.92 Å². The minimum atomic E-state index is -3.21. The lowest BCUT2D eigenvalue weighted by Crippen LogP contribution is -2.42. The third-order valence-corrected chi connectivity index (χ3v) is 7.95. The average molecular weight is 379 g/mol. The topological polar surface area (TPSA) is 40.6 Å². The number of hydrogen-bond donors (Lipinski definition) is 0. The highest BCUT2D eigenvalue weighted by atomic mass is 32.2. The Kier molecular flexibility index (Phi) is 6.76. The van der Waals surface area contributed by atoms with E-state index in [4.69, 9.17) is 0 Å². The van der Waals surface area contributed by atoms with Gasteiger partial charge in [-0.15, -0.1) is 0 Å². The number of hydrogen-bond acceptors (Lipinski definition) is 3. The zero-order valence-electron chi connectivity index (χ0n) is 16.4. The molecule has 0 aromatic heterocycles. The van der Waals surface area contributed by atoms with Crippen LogP contribution in [0.5, 0.6) is 0 Å². The van der Waals surface area contributed by atoms with E-state index in [1.807, 2.05) is 25.1 Å². The van der Waals surface area contributed by atoms with Crippen molar-refractivity contribution < 1.29 is 8.42 Å². The van der Waals surface area contributed by atoms with E-state index in [-0.39, 0.29) is 5.75 Å². The van der Waals surface area contributed by atoms with E-state index in [0.29, 0.717) is 19.0 Å². The van der Waals surface area contributed by atoms with Crippen LogP contribution in [0.4, 0.5) is 0 Å². The lowest BCUT2D eigenvalue weighted by atomic mass is 9.97. The predicted octanol–water partition coefficient (Wildman–Crippen LogP) is 3.72. The third kappa shape index (κ3) is 5.30. The van der Waals surface area contributed by atoms with Gasteiger partial charge in [-0.1, -0.05) is 31.0 Å². The van der Waals surface area contributed by atoms with Crippen molar-refractivity contribution in [1.82, 2.24) is 9.21 Å². The van der Waals surface area contributed by atoms with Gasteiger partial charge >= 0.3 is 0 Å². The minimum Gasteiger partial charge on any atom is -0.303 e. The van der Waals surface area contributed by atoms with Crippen molar-refractivity contribution in [2.45, 2.75) is 58.1 Å². The number of nitrogens with zero attached hydrogens (tertiary/aromatic N) is 2. The van der Waals surface area contributed by atoms with Crippen LogP contribution in [0.15, 0.2) is 18.2 Å². The van der Waals surface area contributed by atoms with Crippen molar-refractivity contribution in [3.63, 3.8) is 0 Å². The Morgan fingerprint density at radius 1 is 0.923 bits per heavy atom. The van der Waals surface area contributed by atoms with Crippen LogP contribution in [0.2, 0.25) is 0 Å². The monoisotopic (exact) mass is 378 g/mol. The van der Waals surface area contributed by atoms with Gasteiger partial charge in [-0.2, -0.15) is 0 Å². The van der Waals surface area contributed by atoms with Crippen molar-refractivity contribution >= 4 is 10.0 Å². The fourth-order valence-corrected chi connectivity index (χ4v) is 5.80. The summed E-state index contributed by atoms with van der Waals surface area (Å²) in [6.07, 6.45) is 7.38. The number of benzene rings is 1. The Labute approximate surface area is 159 Å². The molecule has 2 saturated heterocycles. The Bertz CT molecular complexity index is 686. The second-order valence-electron chi connectivity index (χ2n) is 8.23. The molecule has 26 heavy (non-hydrogen) atoms. The summed E-state index contributed by atoms with van der Waals surface area (Å²) in [5.74, 6) is 0.784. The van der Waals surface area contributed by atoms with E-state index in [9.17, 15) is 8.42 Å². The summed E-state index contributed by atoms with van der Waals surface area (Å²) in [5, 5.41) is 0. The van der Waals surface area contributed by atoms with E-state index in [1.165, 1.54) is 44.3 Å². The molecule has 0 atom stereocenters. The van der Waals surface area contributed by atoms with Crippen LogP contribution in [0, 0.1) is 19.8 Å². The second-order valence-corrected chi connectivity index (χ2v) is 10.2. The normalized spacial score (nSPS) is 21.6. The maximum absolute atomic E-state index is 12.8. The van der Waals surface area contributed by atoms with Gasteiger partial charge in [0.2, 0.25) is 10.0 Å². The van der Waals surface area contributed by atoms with Crippen LogP contribution in [0.25, 0.3) is 0 Å². The number of rotatable bonds is 5. The maximum Gasteiger partial charge on any atom is 0.218 e. The van der Waals surface area contributed by atoms with Gasteiger partial charge in [-0.3, -0.25) is 0 Å². The molecule has 2 aliphatic rings. The van der Waals surface area contributed by atoms with E-state index in [1.54, 1.807) is 4.31 Å². The molecule has 5 heteroatoms. The first-order valence-electron chi connectivity index (χ1n) is 10.2. The molecule has 0 amide bonds. The molecule has 0 saturated carbocycles. The Morgan fingerprint density at radius 3 is 2.19 bits per heavy atom. The molecule has 146 valence electrons. The maximum atomic E-state index is 12.8. The van der Waals surface area contributed by atoms with Crippen LogP contribution in [-0.4, -0.2) is 50.3 Å². The number of likely N-dealkylation sites (tertiary alicyclic amines) is 1. The quantitative estimate of drug-likeness (QED) is 0.784. The van der Waals surface area contributed by atoms with Gasteiger partial charge in [0.25, 0.3) is 0 Å². The molecule has 0 bridgehead atoms. The van der Waals surface area contributed by atoms with Crippen molar-refractivity contribution in [2.75, 3.05) is 32.7 Å². The lowest BCUT2D eigenvalue weighted by molar-refractivity contribution is 0.186. The van der Waals surface area contributed by atoms with Crippen molar-refractivity contribution in [3.8, 4) is 0 Å². The van der Waals surface area contributed by atoms with Crippen LogP contribution < -0.4 is 0 Å². The van der Waals surface area contributed by atoms with Crippen LogP contribution in [0.3, 0.4) is 0 Å². The van der Waals surface area contributed by atoms with E-state index in [2.05, 4.69) is 11.8 Å². The van der Waals surface area contributed by atoms with Gasteiger partial charge in [0.05, 0.1) is 5.75 Å². The zero-order valence-corrected chi connectivity index (χ0v) is 17.2. The van der Waals surface area contributed by atoms with E-state index < -0.39 is 10.0 Å². The van der Waals surface area contributed by atoms with Gasteiger partial charge in [0.1, 0.15) is 0 Å². The van der Waals surface area contributed by atoms with Crippen molar-refractivity contribution in [3.05, 3.63) is 34.9 Å². The van der Waals surface area contributed by atoms with Crippen LogP contribution in [-0.2, 0) is 15.8 Å². The molecule has 1 aromatic carbocycles. The SMILES string of the molecule is Cc1ccc(CS(=O)(=O)N2CCC(CN3CCCCCC3)CC2)cc1C. The van der Waals surface area contributed by atoms with Gasteiger partial charge in [0.15, 0.2) is 0 Å². The largest absolute Gasteiger partial charge is 0.303 e. The molecule has 0 aliphatic carbocycles. The molecular formula is C21H34N2O2S. The lowest BCUT2D eigenvalue weighted by Gasteiger charge is -2.34. The first kappa shape index (κ1) is 19.8. The first-order chi connectivity index (χ1) is 12.4. The summed E-state index contributed by atoms with van der Waals surface area (Å²) < 4.78 is 27.3. The molecule has 1 aromatic rings. The summed E-state index contributed by atoms with van der Waals surface area (Å²) in [7, 11) is -3.21. The molecule has 0 unspecified atom stereocenters. The summed E-state index contributed by atoms with van der Waals surface area (Å²) in [5.41, 5.74) is 3.27. The van der Waals surface area contributed by atoms with Gasteiger partial charge < -0.3 is 4.90 Å². The Balaban J connectivity index is 1.52. The van der Waals surface area contributed by atoms with E-state index >= 15 is 0 Å². The van der Waals surface area contributed by atoms with E-state index in [0.717, 1.165) is 30.5 Å². The number of piperidine rings is 1. The molecule has 4 nitrogen and oxygen atoms in total. The molecule has 2 fully saturated rings. The summed E-state index contributed by atoms with van der Waals surface area (Å²) >= 11 is 0. The predicted molar refractivity (Wildman–Crippen MR) is 108 cm³/mol. The Hall–Kier alpha value is -0.910. The van der Waals surface area contributed by atoms with Gasteiger partial charge in [-0.05, 0) is 75.2 Å². The molecule has 0 N–H and O–H groups in total. The fraction of sp³-hybridized carbons (Fsp3) is 0.714. The third-order valence-electron chi connectivity index (χ3n) is 6.10. The molecule has 0 radical (unpaired) electrons. The highest BCUT2D eigenvalue weighted by molar-refractivity contribution is 7.88. The average Bonchev–Trinajstić information content (AvgIpc) is 2.87. The zero-order chi connectivity index (χ0) is 18.6.